The molecule has 9 nitrogen and oxygen atoms in total. The lowest BCUT2D eigenvalue weighted by Gasteiger charge is -2.16. The Kier molecular flexibility index (Phi) is 7.70. The Morgan fingerprint density at radius 1 is 0.925 bits per heavy atom. The van der Waals surface area contributed by atoms with E-state index in [0.717, 1.165) is 29.5 Å². The molecule has 0 amide bonds. The van der Waals surface area contributed by atoms with Gasteiger partial charge in [-0.25, -0.2) is 18.2 Å². The summed E-state index contributed by atoms with van der Waals surface area (Å²) in [6, 6.07) is 23.7. The van der Waals surface area contributed by atoms with Crippen LogP contribution in [0.25, 0.3) is 11.2 Å². The van der Waals surface area contributed by atoms with Crippen LogP contribution in [0.5, 0.6) is 0 Å². The van der Waals surface area contributed by atoms with Crippen LogP contribution in [0, 0.1) is 6.92 Å². The predicted molar refractivity (Wildman–Crippen MR) is 156 cm³/mol. The first kappa shape index (κ1) is 27.1. The van der Waals surface area contributed by atoms with E-state index < -0.39 is 21.3 Å². The van der Waals surface area contributed by atoms with Gasteiger partial charge in [-0.05, 0) is 55.2 Å². The number of aromatic nitrogens is 4. The van der Waals surface area contributed by atoms with Gasteiger partial charge in [0.2, 0.25) is 0 Å². The second-order valence-corrected chi connectivity index (χ2v) is 11.6. The van der Waals surface area contributed by atoms with Gasteiger partial charge in [0.25, 0.3) is 15.6 Å². The summed E-state index contributed by atoms with van der Waals surface area (Å²) in [5.74, 6) is 0.264. The first-order valence-corrected chi connectivity index (χ1v) is 14.7. The number of aromatic amines is 2. The maximum Gasteiger partial charge on any atom is 0.330 e. The van der Waals surface area contributed by atoms with Crippen LogP contribution in [-0.2, 0) is 23.0 Å². The van der Waals surface area contributed by atoms with E-state index in [4.69, 9.17) is 4.98 Å². The van der Waals surface area contributed by atoms with E-state index in [2.05, 4.69) is 14.7 Å². The van der Waals surface area contributed by atoms with Crippen molar-refractivity contribution in [3.63, 3.8) is 0 Å². The number of rotatable bonds is 10. The maximum atomic E-state index is 12.9. The van der Waals surface area contributed by atoms with Gasteiger partial charge in [0.15, 0.2) is 5.65 Å². The third-order valence-electron chi connectivity index (χ3n) is 6.90. The highest BCUT2D eigenvalue weighted by molar-refractivity contribution is 7.92. The fourth-order valence-corrected chi connectivity index (χ4v) is 5.74. The Balaban J connectivity index is 1.52. The molecule has 1 atom stereocenters. The SMILES string of the molecule is CCCCn1c(=O)[nH]c(=O)c2[nH]c(C(Cc3ccccc3)c3ccc(NS(=O)(=O)c4ccc(C)cc4)cc3)nc21. The number of hydrogen-bond donors (Lipinski definition) is 3. The quantitative estimate of drug-likeness (QED) is 0.229. The molecule has 0 bridgehead atoms. The summed E-state index contributed by atoms with van der Waals surface area (Å²) in [5, 5.41) is 0. The van der Waals surface area contributed by atoms with Crippen molar-refractivity contribution in [1.29, 1.82) is 0 Å². The molecule has 40 heavy (non-hydrogen) atoms. The largest absolute Gasteiger partial charge is 0.336 e. The number of nitrogens with zero attached hydrogens (tertiary/aromatic N) is 2. The summed E-state index contributed by atoms with van der Waals surface area (Å²) in [6.07, 6.45) is 2.24. The highest BCUT2D eigenvalue weighted by Gasteiger charge is 2.22. The molecule has 1 unspecified atom stereocenters. The molecule has 3 N–H and O–H groups in total. The molecule has 0 saturated heterocycles. The molecule has 0 aliphatic heterocycles. The molecular weight excluding hydrogens is 526 g/mol. The van der Waals surface area contributed by atoms with Crippen LogP contribution < -0.4 is 16.0 Å². The number of anilines is 1. The molecule has 0 fully saturated rings. The lowest BCUT2D eigenvalue weighted by molar-refractivity contribution is 0.601. The molecule has 0 spiro atoms. The first-order chi connectivity index (χ1) is 19.2. The molecule has 5 rings (SSSR count). The first-order valence-electron chi connectivity index (χ1n) is 13.2. The van der Waals surface area contributed by atoms with Crippen molar-refractivity contribution in [1.82, 2.24) is 19.5 Å². The maximum absolute atomic E-state index is 12.9. The summed E-state index contributed by atoms with van der Waals surface area (Å²) in [6.45, 7) is 4.38. The Labute approximate surface area is 232 Å². The number of unbranched alkanes of at least 4 members (excludes halogenated alkanes) is 1. The molecule has 0 aliphatic rings. The van der Waals surface area contributed by atoms with E-state index in [1.54, 1.807) is 36.4 Å². The standard InChI is InChI=1S/C30H31N5O4S/c1-3-4-18-35-28-26(29(36)33-30(35)37)31-27(32-28)25(19-21-8-6-5-7-9-21)22-12-14-23(15-13-22)34-40(38,39)24-16-10-20(2)11-17-24/h5-17,25,34H,3-4,18-19H2,1-2H3,(H,31,32)(H,33,36,37). The highest BCUT2D eigenvalue weighted by atomic mass is 32.2. The molecule has 2 heterocycles. The van der Waals surface area contributed by atoms with Gasteiger partial charge in [-0.1, -0.05) is 73.5 Å². The molecule has 3 aromatic carbocycles. The summed E-state index contributed by atoms with van der Waals surface area (Å²) in [7, 11) is -3.74. The molecule has 10 heteroatoms. The van der Waals surface area contributed by atoms with E-state index in [-0.39, 0.29) is 16.3 Å². The monoisotopic (exact) mass is 557 g/mol. The smallest absolute Gasteiger partial charge is 0.330 e. The van der Waals surface area contributed by atoms with Gasteiger partial charge in [-0.3, -0.25) is 19.1 Å². The second-order valence-electron chi connectivity index (χ2n) is 9.87. The van der Waals surface area contributed by atoms with E-state index in [1.165, 1.54) is 4.57 Å². The van der Waals surface area contributed by atoms with Crippen molar-refractivity contribution >= 4 is 26.9 Å². The van der Waals surface area contributed by atoms with Crippen molar-refractivity contribution in [3.8, 4) is 0 Å². The van der Waals surface area contributed by atoms with Crippen LogP contribution in [0.3, 0.4) is 0 Å². The van der Waals surface area contributed by atoms with Crippen LogP contribution >= 0.6 is 0 Å². The molecule has 206 valence electrons. The zero-order chi connectivity index (χ0) is 28.3. The number of hydrogen-bond acceptors (Lipinski definition) is 5. The van der Waals surface area contributed by atoms with Crippen molar-refractivity contribution < 1.29 is 8.42 Å². The minimum atomic E-state index is -3.74. The Hall–Kier alpha value is -4.44. The zero-order valence-corrected chi connectivity index (χ0v) is 23.2. The van der Waals surface area contributed by atoms with Crippen LogP contribution in [0.15, 0.2) is 93.3 Å². The van der Waals surface area contributed by atoms with E-state index in [1.807, 2.05) is 56.3 Å². The van der Waals surface area contributed by atoms with Crippen molar-refractivity contribution in [2.24, 2.45) is 0 Å². The van der Waals surface area contributed by atoms with Crippen LogP contribution in [0.4, 0.5) is 5.69 Å². The summed E-state index contributed by atoms with van der Waals surface area (Å²) >= 11 is 0. The number of fused-ring (bicyclic) bond motifs is 1. The Bertz CT molecular complexity index is 1840. The lowest BCUT2D eigenvalue weighted by Crippen LogP contribution is -2.30. The normalized spacial score (nSPS) is 12.4. The van der Waals surface area contributed by atoms with E-state index in [0.29, 0.717) is 30.1 Å². The summed E-state index contributed by atoms with van der Waals surface area (Å²) in [5.41, 5.74) is 2.94. The van der Waals surface area contributed by atoms with Crippen LogP contribution in [0.1, 0.15) is 48.2 Å². The third-order valence-corrected chi connectivity index (χ3v) is 8.29. The Morgan fingerprint density at radius 3 is 2.30 bits per heavy atom. The summed E-state index contributed by atoms with van der Waals surface area (Å²) in [4.78, 5) is 35.8. The minimum Gasteiger partial charge on any atom is -0.336 e. The van der Waals surface area contributed by atoms with Gasteiger partial charge in [-0.2, -0.15) is 0 Å². The Morgan fingerprint density at radius 2 is 1.62 bits per heavy atom. The second kappa shape index (κ2) is 11.4. The van der Waals surface area contributed by atoms with Gasteiger partial charge in [0, 0.05) is 18.2 Å². The molecular formula is C30H31N5O4S. The number of aryl methyl sites for hydroxylation is 2. The van der Waals surface area contributed by atoms with Gasteiger partial charge in [-0.15, -0.1) is 0 Å². The minimum absolute atomic E-state index is 0.186. The van der Waals surface area contributed by atoms with E-state index >= 15 is 0 Å². The zero-order valence-electron chi connectivity index (χ0n) is 22.3. The van der Waals surface area contributed by atoms with E-state index in [9.17, 15) is 18.0 Å². The highest BCUT2D eigenvalue weighted by Crippen LogP contribution is 2.29. The molecule has 0 aliphatic carbocycles. The molecule has 0 radical (unpaired) electrons. The number of sulfonamides is 1. The number of imidazole rings is 1. The van der Waals surface area contributed by atoms with Gasteiger partial charge in [0.1, 0.15) is 11.3 Å². The lowest BCUT2D eigenvalue weighted by atomic mass is 9.91. The fourth-order valence-electron chi connectivity index (χ4n) is 4.68. The number of nitrogens with one attached hydrogen (secondary N) is 3. The predicted octanol–water partition coefficient (Wildman–Crippen LogP) is 4.70. The van der Waals surface area contributed by atoms with Crippen LogP contribution in [-0.4, -0.2) is 27.9 Å². The average Bonchev–Trinajstić information content (AvgIpc) is 3.38. The average molecular weight is 558 g/mol. The van der Waals surface area contributed by atoms with Gasteiger partial charge >= 0.3 is 5.69 Å². The third kappa shape index (κ3) is 5.76. The van der Waals surface area contributed by atoms with Gasteiger partial charge < -0.3 is 4.98 Å². The topological polar surface area (TPSA) is 130 Å². The summed E-state index contributed by atoms with van der Waals surface area (Å²) < 4.78 is 29.9. The number of benzene rings is 3. The van der Waals surface area contributed by atoms with Crippen molar-refractivity contribution in [2.45, 2.75) is 50.5 Å². The molecule has 2 aromatic heterocycles. The fraction of sp³-hybridized carbons (Fsp3) is 0.233. The molecule has 5 aromatic rings. The van der Waals surface area contributed by atoms with Crippen molar-refractivity contribution in [3.05, 3.63) is 122 Å². The molecule has 0 saturated carbocycles. The van der Waals surface area contributed by atoms with Gasteiger partial charge in [0.05, 0.1) is 4.90 Å². The van der Waals surface area contributed by atoms with Crippen molar-refractivity contribution in [2.75, 3.05) is 4.72 Å². The van der Waals surface area contributed by atoms with Crippen LogP contribution in [0.2, 0.25) is 0 Å². The number of H-pyrrole nitrogens is 2.